The van der Waals surface area contributed by atoms with Crippen LogP contribution < -0.4 is 14.7 Å². The van der Waals surface area contributed by atoms with Gasteiger partial charge in [-0.15, -0.1) is 0 Å². The Morgan fingerprint density at radius 1 is 0.742 bits per heavy atom. The lowest BCUT2D eigenvalue weighted by molar-refractivity contribution is -0.120. The van der Waals surface area contributed by atoms with E-state index in [-0.39, 0.29) is 11.3 Å². The second kappa shape index (κ2) is 8.07. The summed E-state index contributed by atoms with van der Waals surface area (Å²) in [6.45, 7) is 0. The molecule has 0 aromatic heterocycles. The Bertz CT molecular complexity index is 1170. The smallest absolute Gasteiger partial charge is 0.282 e. The third-order valence-corrected chi connectivity index (χ3v) is 5.28. The van der Waals surface area contributed by atoms with Gasteiger partial charge in [0.25, 0.3) is 11.8 Å². The monoisotopic (exact) mass is 415 g/mol. The van der Waals surface area contributed by atoms with Crippen molar-refractivity contribution in [2.24, 2.45) is 0 Å². The summed E-state index contributed by atoms with van der Waals surface area (Å²) in [5.41, 5.74) is 3.10. The normalized spacial score (nSPS) is 13.7. The van der Waals surface area contributed by atoms with Crippen LogP contribution in [0.2, 0.25) is 0 Å². The summed E-state index contributed by atoms with van der Waals surface area (Å²) >= 11 is 0. The number of para-hydroxylation sites is 1. The largest absolute Gasteiger partial charge is 0.378 e. The summed E-state index contributed by atoms with van der Waals surface area (Å²) in [5.74, 6) is -1.27. The summed E-state index contributed by atoms with van der Waals surface area (Å²) in [6, 6.07) is 22.2. The van der Waals surface area contributed by atoms with Gasteiger partial charge in [-0.25, -0.2) is 9.29 Å². The zero-order chi connectivity index (χ0) is 22.1. The van der Waals surface area contributed by atoms with E-state index >= 15 is 0 Å². The summed E-state index contributed by atoms with van der Waals surface area (Å²) < 4.78 is 13.5. The highest BCUT2D eigenvalue weighted by atomic mass is 19.1. The molecule has 0 fully saturated rings. The zero-order valence-electron chi connectivity index (χ0n) is 17.5. The van der Waals surface area contributed by atoms with Crippen LogP contribution in [-0.2, 0) is 9.59 Å². The van der Waals surface area contributed by atoms with Gasteiger partial charge in [0.1, 0.15) is 11.5 Å². The number of anilines is 3. The van der Waals surface area contributed by atoms with Crippen LogP contribution in [0.5, 0.6) is 0 Å². The summed E-state index contributed by atoms with van der Waals surface area (Å²) in [4.78, 5) is 31.9. The van der Waals surface area contributed by atoms with E-state index in [2.05, 4.69) is 0 Å². The number of benzene rings is 3. The number of likely N-dealkylation sites (N-methyl/N-ethyl adjacent to an activating group) is 1. The summed E-state index contributed by atoms with van der Waals surface area (Å²) in [6.07, 6.45) is 0. The Morgan fingerprint density at radius 3 is 2.03 bits per heavy atom. The number of rotatable bonds is 5. The number of carbonyl (C=O) groups excluding carboxylic acids is 2. The molecule has 2 amide bonds. The fourth-order valence-electron chi connectivity index (χ4n) is 3.63. The van der Waals surface area contributed by atoms with Gasteiger partial charge in [-0.1, -0.05) is 36.4 Å². The van der Waals surface area contributed by atoms with Crippen LogP contribution in [0.3, 0.4) is 0 Å². The predicted octanol–water partition coefficient (Wildman–Crippen LogP) is 4.31. The number of nitrogens with zero attached hydrogens (tertiary/aromatic N) is 3. The molecule has 5 nitrogen and oxygen atoms in total. The SMILES string of the molecule is CN(C)c1cccc(N2C(=O)C(c3ccc(F)cc3)=C(N(C)c3ccccc3)C2=O)c1. The Labute approximate surface area is 180 Å². The second-order valence-electron chi connectivity index (χ2n) is 7.49. The van der Waals surface area contributed by atoms with Crippen LogP contribution in [0.25, 0.3) is 5.57 Å². The lowest BCUT2D eigenvalue weighted by Crippen LogP contribution is -2.34. The number of hydrogen-bond donors (Lipinski definition) is 0. The first kappa shape index (κ1) is 20.3. The molecule has 1 heterocycles. The maximum atomic E-state index is 13.6. The van der Waals surface area contributed by atoms with E-state index in [4.69, 9.17) is 0 Å². The molecular formula is C25H22FN3O2. The summed E-state index contributed by atoms with van der Waals surface area (Å²) in [7, 11) is 5.53. The molecule has 1 aliphatic rings. The first-order chi connectivity index (χ1) is 14.9. The molecule has 31 heavy (non-hydrogen) atoms. The lowest BCUT2D eigenvalue weighted by atomic mass is 10.0. The molecule has 0 radical (unpaired) electrons. The van der Waals surface area contributed by atoms with Gasteiger partial charge in [-0.3, -0.25) is 9.59 Å². The molecule has 0 saturated carbocycles. The highest BCUT2D eigenvalue weighted by Gasteiger charge is 2.42. The van der Waals surface area contributed by atoms with Gasteiger partial charge in [0.2, 0.25) is 0 Å². The molecule has 0 N–H and O–H groups in total. The van der Waals surface area contributed by atoms with Gasteiger partial charge in [0.05, 0.1) is 11.3 Å². The molecule has 0 aliphatic carbocycles. The fourth-order valence-corrected chi connectivity index (χ4v) is 3.63. The maximum absolute atomic E-state index is 13.6. The van der Waals surface area contributed by atoms with Crippen molar-refractivity contribution in [3.05, 3.63) is 95.9 Å². The molecular weight excluding hydrogens is 393 g/mol. The number of halogens is 1. The topological polar surface area (TPSA) is 43.9 Å². The van der Waals surface area contributed by atoms with Gasteiger partial charge < -0.3 is 9.80 Å². The molecule has 4 rings (SSSR count). The van der Waals surface area contributed by atoms with Crippen LogP contribution in [0.1, 0.15) is 5.56 Å². The lowest BCUT2D eigenvalue weighted by Gasteiger charge is -2.22. The van der Waals surface area contributed by atoms with E-state index in [1.165, 1.54) is 29.2 Å². The van der Waals surface area contributed by atoms with E-state index < -0.39 is 17.6 Å². The van der Waals surface area contributed by atoms with Crippen LogP contribution >= 0.6 is 0 Å². The van der Waals surface area contributed by atoms with Gasteiger partial charge in [-0.2, -0.15) is 0 Å². The molecule has 1 aliphatic heterocycles. The van der Waals surface area contributed by atoms with E-state index in [0.717, 1.165) is 11.4 Å². The third kappa shape index (κ3) is 3.68. The second-order valence-corrected chi connectivity index (χ2v) is 7.49. The number of hydrogen-bond acceptors (Lipinski definition) is 4. The van der Waals surface area contributed by atoms with Crippen LogP contribution in [0.4, 0.5) is 21.5 Å². The van der Waals surface area contributed by atoms with Gasteiger partial charge in [0, 0.05) is 32.5 Å². The van der Waals surface area contributed by atoms with Crippen molar-refractivity contribution >= 4 is 34.4 Å². The molecule has 0 atom stereocenters. The van der Waals surface area contributed by atoms with Crippen molar-refractivity contribution in [2.75, 3.05) is 35.8 Å². The number of imide groups is 1. The predicted molar refractivity (Wildman–Crippen MR) is 121 cm³/mol. The standard InChI is InChI=1S/C25H22FN3O2/c1-27(2)20-10-7-11-21(16-20)29-24(30)22(17-12-14-18(26)15-13-17)23(25(29)31)28(3)19-8-5-4-6-9-19/h4-16H,1-3H3. The first-order valence-electron chi connectivity index (χ1n) is 9.83. The molecule has 0 unspecified atom stereocenters. The minimum atomic E-state index is -0.440. The molecule has 3 aromatic rings. The van der Waals surface area contributed by atoms with Crippen LogP contribution in [0, 0.1) is 5.82 Å². The highest BCUT2D eigenvalue weighted by molar-refractivity contribution is 6.46. The Kier molecular flexibility index (Phi) is 5.29. The summed E-state index contributed by atoms with van der Waals surface area (Å²) in [5, 5.41) is 0. The molecule has 0 saturated heterocycles. The molecule has 6 heteroatoms. The number of carbonyl (C=O) groups is 2. The zero-order valence-corrected chi connectivity index (χ0v) is 17.5. The minimum Gasteiger partial charge on any atom is -0.378 e. The molecule has 3 aromatic carbocycles. The van der Waals surface area contributed by atoms with Crippen molar-refractivity contribution in [1.29, 1.82) is 0 Å². The maximum Gasteiger partial charge on any atom is 0.282 e. The Hall–Kier alpha value is -3.93. The average molecular weight is 415 g/mol. The number of amides is 2. The highest BCUT2D eigenvalue weighted by Crippen LogP contribution is 2.36. The quantitative estimate of drug-likeness (QED) is 0.583. The minimum absolute atomic E-state index is 0.242. The van der Waals surface area contributed by atoms with Crippen LogP contribution in [0.15, 0.2) is 84.6 Å². The average Bonchev–Trinajstić information content (AvgIpc) is 3.04. The van der Waals surface area contributed by atoms with Gasteiger partial charge >= 0.3 is 0 Å². The van der Waals surface area contributed by atoms with E-state index in [1.807, 2.05) is 61.5 Å². The van der Waals surface area contributed by atoms with Crippen molar-refractivity contribution in [2.45, 2.75) is 0 Å². The molecule has 0 spiro atoms. The third-order valence-electron chi connectivity index (χ3n) is 5.28. The fraction of sp³-hybridized carbons (Fsp3) is 0.120. The Balaban J connectivity index is 1.86. The van der Waals surface area contributed by atoms with Crippen LogP contribution in [-0.4, -0.2) is 33.0 Å². The van der Waals surface area contributed by atoms with Gasteiger partial charge in [-0.05, 0) is 48.0 Å². The first-order valence-corrected chi connectivity index (χ1v) is 9.83. The van der Waals surface area contributed by atoms with Gasteiger partial charge in [0.15, 0.2) is 0 Å². The van der Waals surface area contributed by atoms with Crippen molar-refractivity contribution < 1.29 is 14.0 Å². The van der Waals surface area contributed by atoms with E-state index in [1.54, 1.807) is 24.1 Å². The van der Waals surface area contributed by atoms with Crippen molar-refractivity contribution in [1.82, 2.24) is 0 Å². The molecule has 156 valence electrons. The van der Waals surface area contributed by atoms with E-state index in [9.17, 15) is 14.0 Å². The van der Waals surface area contributed by atoms with E-state index in [0.29, 0.717) is 11.3 Å². The molecule has 0 bridgehead atoms. The van der Waals surface area contributed by atoms with Crippen molar-refractivity contribution in [3.63, 3.8) is 0 Å². The Morgan fingerprint density at radius 2 is 1.39 bits per heavy atom. The van der Waals surface area contributed by atoms with Crippen molar-refractivity contribution in [3.8, 4) is 0 Å².